The minimum Gasteiger partial charge on any atom is -0.354 e. The summed E-state index contributed by atoms with van der Waals surface area (Å²) in [6, 6.07) is 1.62. The number of alkyl halides is 3. The number of fused-ring (bicyclic) bond motifs is 3. The van der Waals surface area contributed by atoms with Crippen LogP contribution in [0.25, 0.3) is 21.9 Å². The van der Waals surface area contributed by atoms with Gasteiger partial charge in [0, 0.05) is 37.1 Å². The number of rotatable bonds is 4. The maximum absolute atomic E-state index is 12.2. The summed E-state index contributed by atoms with van der Waals surface area (Å²) in [6.07, 6.45) is -2.15. The van der Waals surface area contributed by atoms with Crippen LogP contribution in [0.2, 0.25) is 0 Å². The van der Waals surface area contributed by atoms with E-state index in [9.17, 15) is 18.0 Å². The standard InChI is InChI=1S/C16H16F3N7O/c17-16(18,19)4-1-12(27)22-9-3-6-26(8-9)15-13-10-2-5-20-14(10)24-23-11(13)7-21-25-15/h2,5,7,9,25H,1,3-4,6,8H2,(H,22,27). The second kappa shape index (κ2) is 6.63. The first-order valence-corrected chi connectivity index (χ1v) is 8.46. The number of aromatic nitrogens is 5. The quantitative estimate of drug-likeness (QED) is 0.719. The topological polar surface area (TPSA) is 99.7 Å². The molecule has 1 amide bonds. The van der Waals surface area contributed by atoms with E-state index in [0.29, 0.717) is 30.7 Å². The molecule has 1 atom stereocenters. The summed E-state index contributed by atoms with van der Waals surface area (Å²) in [5, 5.41) is 19.6. The van der Waals surface area contributed by atoms with Crippen LogP contribution in [0.3, 0.4) is 0 Å². The van der Waals surface area contributed by atoms with E-state index >= 15 is 0 Å². The van der Waals surface area contributed by atoms with Gasteiger partial charge in [-0.3, -0.25) is 9.89 Å². The van der Waals surface area contributed by atoms with Crippen molar-refractivity contribution in [3.63, 3.8) is 0 Å². The van der Waals surface area contributed by atoms with E-state index in [1.807, 2.05) is 11.0 Å². The van der Waals surface area contributed by atoms with Crippen molar-refractivity contribution >= 4 is 33.7 Å². The highest BCUT2D eigenvalue weighted by molar-refractivity contribution is 6.08. The largest absolute Gasteiger partial charge is 0.389 e. The smallest absolute Gasteiger partial charge is 0.354 e. The Bertz CT molecular complexity index is 987. The van der Waals surface area contributed by atoms with Gasteiger partial charge in [-0.05, 0) is 12.5 Å². The van der Waals surface area contributed by atoms with Gasteiger partial charge in [-0.2, -0.15) is 18.3 Å². The Morgan fingerprint density at radius 3 is 3.04 bits per heavy atom. The van der Waals surface area contributed by atoms with Gasteiger partial charge >= 0.3 is 6.18 Å². The van der Waals surface area contributed by atoms with Crippen LogP contribution in [-0.4, -0.2) is 56.6 Å². The van der Waals surface area contributed by atoms with E-state index in [0.717, 1.165) is 16.6 Å². The Kier molecular flexibility index (Phi) is 4.28. The monoisotopic (exact) mass is 379 g/mol. The van der Waals surface area contributed by atoms with Gasteiger partial charge in [0.25, 0.3) is 0 Å². The van der Waals surface area contributed by atoms with Crippen molar-refractivity contribution in [2.75, 3.05) is 18.0 Å². The highest BCUT2D eigenvalue weighted by Crippen LogP contribution is 2.30. The first-order valence-electron chi connectivity index (χ1n) is 8.46. The lowest BCUT2D eigenvalue weighted by atomic mass is 10.2. The fraction of sp³-hybridized carbons (Fsp3) is 0.438. The van der Waals surface area contributed by atoms with Crippen molar-refractivity contribution in [2.24, 2.45) is 0 Å². The third kappa shape index (κ3) is 3.62. The molecule has 4 heterocycles. The van der Waals surface area contributed by atoms with Crippen LogP contribution in [0.4, 0.5) is 19.0 Å². The number of hydrogen-bond acceptors (Lipinski definition) is 6. The molecule has 3 aromatic heterocycles. The van der Waals surface area contributed by atoms with Gasteiger partial charge < -0.3 is 10.2 Å². The highest BCUT2D eigenvalue weighted by Gasteiger charge is 2.30. The minimum absolute atomic E-state index is 0.225. The summed E-state index contributed by atoms with van der Waals surface area (Å²) >= 11 is 0. The molecule has 1 fully saturated rings. The Balaban J connectivity index is 1.51. The van der Waals surface area contributed by atoms with Crippen molar-refractivity contribution < 1.29 is 18.0 Å². The molecule has 11 heteroatoms. The van der Waals surface area contributed by atoms with Crippen LogP contribution in [0.1, 0.15) is 19.3 Å². The molecule has 0 saturated carbocycles. The number of nitrogens with one attached hydrogen (secondary N) is 2. The molecule has 1 unspecified atom stereocenters. The van der Waals surface area contributed by atoms with Crippen molar-refractivity contribution in [3.05, 3.63) is 18.5 Å². The second-order valence-corrected chi connectivity index (χ2v) is 6.48. The zero-order valence-electron chi connectivity index (χ0n) is 14.1. The Hall–Kier alpha value is -2.98. The summed E-state index contributed by atoms with van der Waals surface area (Å²) in [5.41, 5.74) is 1.14. The van der Waals surface area contributed by atoms with Gasteiger partial charge in [0.1, 0.15) is 11.3 Å². The Labute approximate surface area is 151 Å². The van der Waals surface area contributed by atoms with Crippen LogP contribution >= 0.6 is 0 Å². The first kappa shape index (κ1) is 17.4. The van der Waals surface area contributed by atoms with E-state index in [1.165, 1.54) is 0 Å². The van der Waals surface area contributed by atoms with Gasteiger partial charge in [-0.1, -0.05) is 0 Å². The average Bonchev–Trinajstić information content (AvgIpc) is 3.28. The van der Waals surface area contributed by atoms with Crippen molar-refractivity contribution in [3.8, 4) is 0 Å². The molecule has 8 nitrogen and oxygen atoms in total. The number of halogens is 3. The fourth-order valence-corrected chi connectivity index (χ4v) is 3.31. The van der Waals surface area contributed by atoms with E-state index in [4.69, 9.17) is 0 Å². The summed E-state index contributed by atoms with van der Waals surface area (Å²) in [4.78, 5) is 17.9. The van der Waals surface area contributed by atoms with Crippen molar-refractivity contribution in [1.29, 1.82) is 0 Å². The third-order valence-electron chi connectivity index (χ3n) is 4.56. The van der Waals surface area contributed by atoms with Gasteiger partial charge in [-0.25, -0.2) is 4.98 Å². The number of nitrogens with zero attached hydrogens (tertiary/aromatic N) is 5. The van der Waals surface area contributed by atoms with Gasteiger partial charge in [-0.15, -0.1) is 10.2 Å². The lowest BCUT2D eigenvalue weighted by molar-refractivity contribution is -0.144. The maximum Gasteiger partial charge on any atom is 0.389 e. The third-order valence-corrected chi connectivity index (χ3v) is 4.56. The predicted molar refractivity (Wildman–Crippen MR) is 91.0 cm³/mol. The molecular weight excluding hydrogens is 363 g/mol. The molecule has 3 aromatic rings. The lowest BCUT2D eigenvalue weighted by Gasteiger charge is -2.20. The molecule has 4 rings (SSSR count). The molecule has 27 heavy (non-hydrogen) atoms. The van der Waals surface area contributed by atoms with E-state index in [-0.39, 0.29) is 6.04 Å². The molecular formula is C16H16F3N7O. The molecule has 1 aliphatic heterocycles. The number of anilines is 1. The summed E-state index contributed by atoms with van der Waals surface area (Å²) in [6.45, 7) is 1.09. The van der Waals surface area contributed by atoms with Crippen molar-refractivity contribution in [2.45, 2.75) is 31.5 Å². The normalized spacial score (nSPS) is 17.7. The summed E-state index contributed by atoms with van der Waals surface area (Å²) in [7, 11) is 0. The molecule has 1 saturated heterocycles. The number of carbonyl (C=O) groups is 1. The summed E-state index contributed by atoms with van der Waals surface area (Å²) < 4.78 is 36.7. The number of aromatic amines is 1. The Morgan fingerprint density at radius 1 is 1.37 bits per heavy atom. The van der Waals surface area contributed by atoms with Crippen LogP contribution in [0, 0.1) is 0 Å². The molecule has 0 bridgehead atoms. The zero-order chi connectivity index (χ0) is 19.0. The van der Waals surface area contributed by atoms with Crippen LogP contribution in [-0.2, 0) is 4.79 Å². The van der Waals surface area contributed by atoms with E-state index in [1.54, 1.807) is 12.4 Å². The predicted octanol–water partition coefficient (Wildman–Crippen LogP) is 1.94. The number of hydrogen-bond donors (Lipinski definition) is 2. The number of H-pyrrole nitrogens is 1. The molecule has 0 spiro atoms. The van der Waals surface area contributed by atoms with Gasteiger partial charge in [0.15, 0.2) is 5.65 Å². The lowest BCUT2D eigenvalue weighted by Crippen LogP contribution is -2.37. The fourth-order valence-electron chi connectivity index (χ4n) is 3.31. The van der Waals surface area contributed by atoms with Gasteiger partial charge in [0.2, 0.25) is 5.91 Å². The maximum atomic E-state index is 12.2. The molecule has 0 aromatic carbocycles. The van der Waals surface area contributed by atoms with E-state index in [2.05, 4.69) is 30.7 Å². The Morgan fingerprint density at radius 2 is 2.22 bits per heavy atom. The van der Waals surface area contributed by atoms with Crippen LogP contribution < -0.4 is 10.2 Å². The molecule has 142 valence electrons. The SMILES string of the molecule is O=C(CCC(F)(F)F)NC1CCN(c2[nH]ncc3nnc4nccc4c23)C1. The molecule has 2 N–H and O–H groups in total. The first-order chi connectivity index (χ1) is 12.9. The zero-order valence-corrected chi connectivity index (χ0v) is 14.1. The van der Waals surface area contributed by atoms with Crippen LogP contribution in [0.5, 0.6) is 0 Å². The van der Waals surface area contributed by atoms with Gasteiger partial charge in [0.05, 0.1) is 18.0 Å². The summed E-state index contributed by atoms with van der Waals surface area (Å²) in [5.74, 6) is 0.139. The molecule has 1 aliphatic rings. The van der Waals surface area contributed by atoms with Crippen LogP contribution in [0.15, 0.2) is 18.5 Å². The highest BCUT2D eigenvalue weighted by atomic mass is 19.4. The molecule has 0 radical (unpaired) electrons. The number of amides is 1. The minimum atomic E-state index is -4.33. The average molecular weight is 379 g/mol. The van der Waals surface area contributed by atoms with Crippen molar-refractivity contribution in [1.82, 2.24) is 30.7 Å². The second-order valence-electron chi connectivity index (χ2n) is 6.48. The molecule has 0 aliphatic carbocycles. The number of carbonyl (C=O) groups excluding carboxylic acids is 1. The van der Waals surface area contributed by atoms with E-state index < -0.39 is 24.9 Å².